The fourth-order valence-electron chi connectivity index (χ4n) is 8.71. The standard InChI is InChI=1S/C45H64N2O9Si/c1-32(2)57(33(3)4,34(5)6)56-26-11-10-22-47-40-27-35(15-20-42(40)55-31-44(47)48)29-54-43-28-46(45(49)50)23-21-39(43)36-16-18-38(19-17-36)53-25-12-24-52-30-37-13-8-9-14-41(37)51-7/h8-9,13-20,27,32-34,39,43H,10-12,21-26,28-31H2,1-7H3,(H,49,50). The van der Waals surface area contributed by atoms with Crippen LogP contribution in [-0.4, -0.2) is 89.6 Å². The Balaban J connectivity index is 1.15. The first-order valence-corrected chi connectivity index (χ1v) is 22.8. The molecule has 0 aliphatic carbocycles. The summed E-state index contributed by atoms with van der Waals surface area (Å²) in [6, 6.07) is 21.7. The summed E-state index contributed by atoms with van der Waals surface area (Å²) in [5.41, 5.74) is 5.31. The van der Waals surface area contributed by atoms with Gasteiger partial charge in [-0.25, -0.2) is 4.79 Å². The molecule has 0 spiro atoms. The van der Waals surface area contributed by atoms with Crippen LogP contribution in [0.5, 0.6) is 17.2 Å². The second-order valence-electron chi connectivity index (χ2n) is 16.1. The predicted octanol–water partition coefficient (Wildman–Crippen LogP) is 9.43. The van der Waals surface area contributed by atoms with Crippen molar-refractivity contribution in [1.29, 1.82) is 0 Å². The van der Waals surface area contributed by atoms with Gasteiger partial charge in [-0.3, -0.25) is 4.79 Å². The predicted molar refractivity (Wildman–Crippen MR) is 225 cm³/mol. The van der Waals surface area contributed by atoms with E-state index in [9.17, 15) is 14.7 Å². The topological polar surface area (TPSA) is 116 Å². The van der Waals surface area contributed by atoms with Crippen molar-refractivity contribution in [3.8, 4) is 17.2 Å². The molecule has 11 nitrogen and oxygen atoms in total. The number of anilines is 1. The van der Waals surface area contributed by atoms with Crippen molar-refractivity contribution in [1.82, 2.24) is 4.90 Å². The van der Waals surface area contributed by atoms with Crippen LogP contribution in [0.15, 0.2) is 66.7 Å². The van der Waals surface area contributed by atoms with E-state index in [4.69, 9.17) is 28.1 Å². The van der Waals surface area contributed by atoms with Gasteiger partial charge in [-0.2, -0.15) is 0 Å². The van der Waals surface area contributed by atoms with Crippen LogP contribution in [0.2, 0.25) is 16.6 Å². The first-order valence-electron chi connectivity index (χ1n) is 20.7. The highest BCUT2D eigenvalue weighted by Crippen LogP contribution is 2.42. The first-order chi connectivity index (χ1) is 27.4. The van der Waals surface area contributed by atoms with E-state index in [-0.39, 0.29) is 37.7 Å². The van der Waals surface area contributed by atoms with E-state index in [1.807, 2.05) is 71.6 Å². The molecule has 12 heteroatoms. The number of benzene rings is 3. The lowest BCUT2D eigenvalue weighted by Crippen LogP contribution is -2.48. The van der Waals surface area contributed by atoms with Crippen LogP contribution in [0.3, 0.4) is 0 Å². The van der Waals surface area contributed by atoms with Crippen molar-refractivity contribution >= 4 is 26.0 Å². The zero-order chi connectivity index (χ0) is 41.0. The second-order valence-corrected chi connectivity index (χ2v) is 21.6. The maximum absolute atomic E-state index is 13.1. The molecule has 1 fully saturated rings. The molecule has 0 aromatic heterocycles. The Morgan fingerprint density at radius 3 is 2.33 bits per heavy atom. The Labute approximate surface area is 340 Å². The molecule has 2 atom stereocenters. The molecule has 0 saturated carbocycles. The molecule has 3 aromatic rings. The van der Waals surface area contributed by atoms with Crippen molar-refractivity contribution in [3.63, 3.8) is 0 Å². The third-order valence-corrected chi connectivity index (χ3v) is 17.7. The summed E-state index contributed by atoms with van der Waals surface area (Å²) in [5, 5.41) is 9.84. The Kier molecular flexibility index (Phi) is 16.3. The number of fused-ring (bicyclic) bond motifs is 1. The molecule has 2 aliphatic rings. The number of hydrogen-bond donors (Lipinski definition) is 1. The highest BCUT2D eigenvalue weighted by molar-refractivity contribution is 6.77. The van der Waals surface area contributed by atoms with Gasteiger partial charge < -0.3 is 43.0 Å². The molecule has 2 amide bonds. The molecule has 2 heterocycles. The number of para-hydroxylation sites is 1. The number of hydrogen-bond acceptors (Lipinski definition) is 8. The fraction of sp³-hybridized carbons (Fsp3) is 0.556. The number of ether oxygens (including phenoxy) is 5. The van der Waals surface area contributed by atoms with E-state index >= 15 is 0 Å². The fourth-order valence-corrected chi connectivity index (χ4v) is 14.2. The minimum Gasteiger partial charge on any atom is -0.496 e. The molecule has 57 heavy (non-hydrogen) atoms. The highest BCUT2D eigenvalue weighted by atomic mass is 28.4. The number of carbonyl (C=O) groups is 2. The van der Waals surface area contributed by atoms with E-state index in [1.54, 1.807) is 7.11 Å². The molecular formula is C45H64N2O9Si. The van der Waals surface area contributed by atoms with Gasteiger partial charge in [0.1, 0.15) is 17.2 Å². The average Bonchev–Trinajstić information content (AvgIpc) is 3.20. The summed E-state index contributed by atoms with van der Waals surface area (Å²) in [7, 11) is -0.283. The van der Waals surface area contributed by atoms with Crippen molar-refractivity contribution in [2.75, 3.05) is 58.1 Å². The molecule has 2 unspecified atom stereocenters. The van der Waals surface area contributed by atoms with Gasteiger partial charge in [-0.15, -0.1) is 0 Å². The van der Waals surface area contributed by atoms with Crippen molar-refractivity contribution in [3.05, 3.63) is 83.4 Å². The number of carbonyl (C=O) groups excluding carboxylic acids is 1. The lowest BCUT2D eigenvalue weighted by Gasteiger charge is -2.42. The lowest BCUT2D eigenvalue weighted by molar-refractivity contribution is -0.121. The summed E-state index contributed by atoms with van der Waals surface area (Å²) in [5.74, 6) is 2.20. The minimum atomic E-state index is -1.94. The maximum Gasteiger partial charge on any atom is 0.407 e. The number of nitrogens with zero attached hydrogens (tertiary/aromatic N) is 2. The third kappa shape index (κ3) is 11.3. The second kappa shape index (κ2) is 21.1. The Bertz CT molecular complexity index is 1710. The van der Waals surface area contributed by atoms with Gasteiger partial charge >= 0.3 is 6.09 Å². The Morgan fingerprint density at radius 2 is 1.63 bits per heavy atom. The van der Waals surface area contributed by atoms with E-state index in [0.717, 1.165) is 53.1 Å². The summed E-state index contributed by atoms with van der Waals surface area (Å²) in [4.78, 5) is 28.4. The molecular weight excluding hydrogens is 741 g/mol. The number of rotatable bonds is 21. The number of unbranched alkanes of at least 4 members (excludes halogenated alkanes) is 1. The van der Waals surface area contributed by atoms with Gasteiger partial charge in [0.15, 0.2) is 14.9 Å². The Morgan fingerprint density at radius 1 is 0.895 bits per heavy atom. The number of amides is 2. The average molecular weight is 805 g/mol. The van der Waals surface area contributed by atoms with Crippen LogP contribution in [0.4, 0.5) is 10.5 Å². The molecule has 2 aliphatic heterocycles. The van der Waals surface area contributed by atoms with Crippen LogP contribution >= 0.6 is 0 Å². The highest BCUT2D eigenvalue weighted by Gasteiger charge is 2.44. The van der Waals surface area contributed by atoms with Crippen molar-refractivity contribution in [2.45, 2.75) is 109 Å². The van der Waals surface area contributed by atoms with Gasteiger partial charge in [0.2, 0.25) is 0 Å². The molecule has 1 saturated heterocycles. The van der Waals surface area contributed by atoms with E-state index in [0.29, 0.717) is 68.3 Å². The third-order valence-electron chi connectivity index (χ3n) is 11.6. The number of carboxylic acid groups (broad SMARTS) is 1. The van der Waals surface area contributed by atoms with Gasteiger partial charge in [-0.1, -0.05) is 77.9 Å². The van der Waals surface area contributed by atoms with Crippen molar-refractivity contribution in [2.24, 2.45) is 0 Å². The summed E-state index contributed by atoms with van der Waals surface area (Å²) in [6.07, 6.45) is 1.77. The van der Waals surface area contributed by atoms with Crippen LogP contribution in [0.25, 0.3) is 0 Å². The number of methoxy groups -OCH3 is 1. The SMILES string of the molecule is COc1ccccc1COCCCOc1ccc(C2CCN(C(=O)O)CC2OCc2ccc3c(c2)N(CCCCO[Si](C(C)C)(C(C)C)C(C)C)C(=O)CO3)cc1. The summed E-state index contributed by atoms with van der Waals surface area (Å²) >= 11 is 0. The zero-order valence-electron chi connectivity index (χ0n) is 35.0. The van der Waals surface area contributed by atoms with E-state index < -0.39 is 14.4 Å². The molecule has 1 N–H and O–H groups in total. The molecule has 0 radical (unpaired) electrons. The lowest BCUT2D eigenvalue weighted by atomic mass is 9.87. The normalized spacial score (nSPS) is 17.3. The Hall–Kier alpha value is -4.10. The van der Waals surface area contributed by atoms with E-state index in [1.165, 1.54) is 4.90 Å². The van der Waals surface area contributed by atoms with Gasteiger partial charge in [0.05, 0.1) is 51.9 Å². The zero-order valence-corrected chi connectivity index (χ0v) is 36.0. The maximum atomic E-state index is 13.1. The molecule has 3 aromatic carbocycles. The largest absolute Gasteiger partial charge is 0.496 e. The van der Waals surface area contributed by atoms with Crippen LogP contribution in [0, 0.1) is 0 Å². The van der Waals surface area contributed by atoms with Gasteiger partial charge in [0.25, 0.3) is 5.91 Å². The van der Waals surface area contributed by atoms with Gasteiger partial charge in [0, 0.05) is 37.6 Å². The first kappa shape index (κ1) is 44.0. The van der Waals surface area contributed by atoms with Crippen LogP contribution in [-0.2, 0) is 31.9 Å². The van der Waals surface area contributed by atoms with Gasteiger partial charge in [-0.05, 0) is 77.3 Å². The minimum absolute atomic E-state index is 0.00293. The van der Waals surface area contributed by atoms with Crippen LogP contribution in [0.1, 0.15) is 89.8 Å². The number of piperidine rings is 1. The summed E-state index contributed by atoms with van der Waals surface area (Å²) in [6.45, 7) is 17.6. The summed E-state index contributed by atoms with van der Waals surface area (Å²) < 4.78 is 36.3. The van der Waals surface area contributed by atoms with Crippen LogP contribution < -0.4 is 19.1 Å². The quantitative estimate of drug-likeness (QED) is 0.0831. The van der Waals surface area contributed by atoms with E-state index in [2.05, 4.69) is 41.5 Å². The monoisotopic (exact) mass is 804 g/mol. The molecule has 312 valence electrons. The van der Waals surface area contributed by atoms with Crippen molar-refractivity contribution < 1.29 is 42.8 Å². The molecule has 5 rings (SSSR count). The smallest absolute Gasteiger partial charge is 0.407 e. The molecule has 0 bridgehead atoms. The number of likely N-dealkylation sites (tertiary alicyclic amines) is 1.